The number of hydrogen-bond acceptors (Lipinski definition) is 9. The average molecular weight is 511 g/mol. The van der Waals surface area contributed by atoms with Crippen molar-refractivity contribution < 1.29 is 18.6 Å². The molecule has 0 bridgehead atoms. The third kappa shape index (κ3) is 5.12. The van der Waals surface area contributed by atoms with Crippen molar-refractivity contribution in [1.82, 2.24) is 24.7 Å². The smallest absolute Gasteiger partial charge is 0.239 e. The van der Waals surface area contributed by atoms with Crippen molar-refractivity contribution >= 4 is 17.9 Å². The molecule has 0 aliphatic heterocycles. The van der Waals surface area contributed by atoms with E-state index in [1.165, 1.54) is 18.0 Å². The highest BCUT2D eigenvalue weighted by atomic mass is 32.2. The van der Waals surface area contributed by atoms with Gasteiger partial charge in [0.1, 0.15) is 29.1 Å². The Hall–Kier alpha value is -3.70. The molecule has 0 aliphatic carbocycles. The van der Waals surface area contributed by atoms with Gasteiger partial charge in [-0.15, -0.1) is 10.2 Å². The van der Waals surface area contributed by atoms with E-state index in [-0.39, 0.29) is 22.7 Å². The first-order valence-electron chi connectivity index (χ1n) is 11.1. The number of nitrogens with one attached hydrogen (secondary N) is 1. The lowest BCUT2D eigenvalue weighted by Crippen LogP contribution is -2.19. The van der Waals surface area contributed by atoms with E-state index in [0.717, 1.165) is 5.56 Å². The first-order valence-corrected chi connectivity index (χ1v) is 12.0. The Morgan fingerprint density at radius 2 is 1.61 bits per heavy atom. The fourth-order valence-corrected chi connectivity index (χ4v) is 4.47. The van der Waals surface area contributed by atoms with Crippen LogP contribution in [0.2, 0.25) is 0 Å². The molecule has 1 N–H and O–H groups in total. The predicted molar refractivity (Wildman–Crippen MR) is 137 cm³/mol. The number of hydrogen-bond donors (Lipinski definition) is 1. The van der Waals surface area contributed by atoms with E-state index in [1.54, 1.807) is 68.6 Å². The predicted octanol–water partition coefficient (Wildman–Crippen LogP) is 5.03. The highest BCUT2D eigenvalue weighted by Crippen LogP contribution is 2.39. The SMILES string of the molecule is COc1cccc(OC)c1-n1c(NSC(C)C(OC)c2ncc(C)cn2)nnc1-c1ccccc1F. The van der Waals surface area contributed by atoms with E-state index in [0.29, 0.717) is 29.0 Å². The lowest BCUT2D eigenvalue weighted by atomic mass is 10.2. The van der Waals surface area contributed by atoms with Crippen LogP contribution >= 0.6 is 11.9 Å². The summed E-state index contributed by atoms with van der Waals surface area (Å²) in [5, 5.41) is 8.52. The van der Waals surface area contributed by atoms with Crippen LogP contribution in [0.1, 0.15) is 24.4 Å². The normalized spacial score (nSPS) is 12.7. The maximum atomic E-state index is 14.8. The van der Waals surface area contributed by atoms with Gasteiger partial charge in [0.25, 0.3) is 0 Å². The summed E-state index contributed by atoms with van der Waals surface area (Å²) in [6, 6.07) is 11.8. The van der Waals surface area contributed by atoms with Crippen LogP contribution in [-0.2, 0) is 4.74 Å². The molecule has 0 radical (unpaired) electrons. The molecule has 4 rings (SSSR count). The third-order valence-corrected chi connectivity index (χ3v) is 6.39. The molecule has 0 amide bonds. The molecule has 0 aliphatic rings. The minimum absolute atomic E-state index is 0.126. The second-order valence-electron chi connectivity index (χ2n) is 7.87. The van der Waals surface area contributed by atoms with Crippen molar-refractivity contribution in [1.29, 1.82) is 0 Å². The standard InChI is InChI=1S/C25H27FN6O3S/c1-15-13-27-23(28-14-15)22(35-5)16(2)36-31-25-30-29-24(17-9-6-7-10-18(17)26)32(25)21-19(33-3)11-8-12-20(21)34-4/h6-14,16,22H,1-5H3,(H,30,31). The van der Waals surface area contributed by atoms with Crippen molar-refractivity contribution in [3.8, 4) is 28.6 Å². The van der Waals surface area contributed by atoms with Gasteiger partial charge in [0.15, 0.2) is 11.6 Å². The summed E-state index contributed by atoms with van der Waals surface area (Å²) in [5.41, 5.74) is 1.78. The van der Waals surface area contributed by atoms with Crippen LogP contribution in [0, 0.1) is 12.7 Å². The number of anilines is 1. The zero-order valence-corrected chi connectivity index (χ0v) is 21.4. The molecular formula is C25H27FN6O3S. The Morgan fingerprint density at radius 3 is 2.22 bits per heavy atom. The Labute approximate surface area is 213 Å². The van der Waals surface area contributed by atoms with Crippen LogP contribution in [0.4, 0.5) is 10.3 Å². The van der Waals surface area contributed by atoms with E-state index in [9.17, 15) is 4.39 Å². The van der Waals surface area contributed by atoms with Gasteiger partial charge in [-0.3, -0.25) is 9.29 Å². The summed E-state index contributed by atoms with van der Waals surface area (Å²) in [5.74, 6) is 1.81. The van der Waals surface area contributed by atoms with Gasteiger partial charge in [0.05, 0.1) is 25.0 Å². The molecule has 0 saturated carbocycles. The Balaban J connectivity index is 1.74. The summed E-state index contributed by atoms with van der Waals surface area (Å²) < 4.78 is 36.7. The van der Waals surface area contributed by atoms with E-state index >= 15 is 0 Å². The maximum absolute atomic E-state index is 14.8. The molecule has 2 unspecified atom stereocenters. The molecule has 36 heavy (non-hydrogen) atoms. The molecule has 4 aromatic rings. The number of aromatic nitrogens is 5. The second kappa shape index (κ2) is 11.4. The molecule has 2 aromatic carbocycles. The van der Waals surface area contributed by atoms with Gasteiger partial charge in [-0.2, -0.15) is 0 Å². The highest BCUT2D eigenvalue weighted by molar-refractivity contribution is 8.01. The van der Waals surface area contributed by atoms with Gasteiger partial charge in [0, 0.05) is 19.5 Å². The van der Waals surface area contributed by atoms with Crippen LogP contribution in [0.5, 0.6) is 11.5 Å². The molecule has 2 aromatic heterocycles. The lowest BCUT2D eigenvalue weighted by molar-refractivity contribution is 0.0972. The van der Waals surface area contributed by atoms with Crippen molar-refractivity contribution in [2.75, 3.05) is 26.1 Å². The number of nitrogens with zero attached hydrogens (tertiary/aromatic N) is 5. The van der Waals surface area contributed by atoms with E-state index in [2.05, 4.69) is 24.9 Å². The summed E-state index contributed by atoms with van der Waals surface area (Å²) in [6.07, 6.45) is 3.13. The molecule has 2 atom stereocenters. The van der Waals surface area contributed by atoms with Crippen molar-refractivity contribution in [2.24, 2.45) is 0 Å². The first kappa shape index (κ1) is 25.4. The Bertz CT molecular complexity index is 1300. The molecule has 11 heteroatoms. The van der Waals surface area contributed by atoms with Crippen LogP contribution in [0.3, 0.4) is 0 Å². The fourth-order valence-electron chi connectivity index (χ4n) is 3.70. The quantitative estimate of drug-likeness (QED) is 0.295. The fraction of sp³-hybridized carbons (Fsp3) is 0.280. The molecule has 0 saturated heterocycles. The number of methoxy groups -OCH3 is 3. The monoisotopic (exact) mass is 510 g/mol. The Morgan fingerprint density at radius 1 is 0.944 bits per heavy atom. The number of rotatable bonds is 10. The van der Waals surface area contributed by atoms with Crippen molar-refractivity contribution in [3.05, 3.63) is 72.1 Å². The number of benzene rings is 2. The molecular weight excluding hydrogens is 483 g/mol. The highest BCUT2D eigenvalue weighted by Gasteiger charge is 2.26. The topological polar surface area (TPSA) is 96.2 Å². The van der Waals surface area contributed by atoms with E-state index < -0.39 is 5.82 Å². The largest absolute Gasteiger partial charge is 0.494 e. The van der Waals surface area contributed by atoms with E-state index in [1.807, 2.05) is 19.9 Å². The maximum Gasteiger partial charge on any atom is 0.239 e. The molecule has 2 heterocycles. The second-order valence-corrected chi connectivity index (χ2v) is 9.06. The third-order valence-electron chi connectivity index (χ3n) is 5.48. The van der Waals surface area contributed by atoms with Crippen LogP contribution in [0.25, 0.3) is 17.1 Å². The number of ether oxygens (including phenoxy) is 3. The van der Waals surface area contributed by atoms with Crippen LogP contribution < -0.4 is 14.2 Å². The van der Waals surface area contributed by atoms with Gasteiger partial charge < -0.3 is 14.2 Å². The molecule has 0 fully saturated rings. The van der Waals surface area contributed by atoms with Crippen LogP contribution in [0.15, 0.2) is 54.9 Å². The van der Waals surface area contributed by atoms with Gasteiger partial charge in [-0.05, 0) is 55.6 Å². The first-order chi connectivity index (χ1) is 17.5. The van der Waals surface area contributed by atoms with Gasteiger partial charge in [-0.1, -0.05) is 18.2 Å². The Kier molecular flexibility index (Phi) is 8.01. The van der Waals surface area contributed by atoms with Crippen molar-refractivity contribution in [3.63, 3.8) is 0 Å². The summed E-state index contributed by atoms with van der Waals surface area (Å²) in [6.45, 7) is 3.91. The minimum atomic E-state index is -0.427. The summed E-state index contributed by atoms with van der Waals surface area (Å²) in [4.78, 5) is 8.81. The zero-order valence-electron chi connectivity index (χ0n) is 20.6. The molecule has 0 spiro atoms. The number of aryl methyl sites for hydroxylation is 1. The average Bonchev–Trinajstić information content (AvgIpc) is 3.31. The van der Waals surface area contributed by atoms with E-state index in [4.69, 9.17) is 14.2 Å². The van der Waals surface area contributed by atoms with Crippen LogP contribution in [-0.4, -0.2) is 51.3 Å². The van der Waals surface area contributed by atoms with Gasteiger partial charge >= 0.3 is 0 Å². The molecule has 9 nitrogen and oxygen atoms in total. The zero-order chi connectivity index (χ0) is 25.7. The lowest BCUT2D eigenvalue weighted by Gasteiger charge is -2.22. The van der Waals surface area contributed by atoms with Gasteiger partial charge in [0.2, 0.25) is 5.95 Å². The summed E-state index contributed by atoms with van der Waals surface area (Å²) in [7, 11) is 4.73. The number of halogens is 1. The number of para-hydroxylation sites is 1. The van der Waals surface area contributed by atoms with Crippen molar-refractivity contribution in [2.45, 2.75) is 25.2 Å². The summed E-state index contributed by atoms with van der Waals surface area (Å²) >= 11 is 1.36. The minimum Gasteiger partial charge on any atom is -0.494 e. The molecule has 188 valence electrons. The van der Waals surface area contributed by atoms with Gasteiger partial charge in [-0.25, -0.2) is 14.4 Å².